The van der Waals surface area contributed by atoms with Gasteiger partial charge in [-0.1, -0.05) is 30.0 Å². The van der Waals surface area contributed by atoms with E-state index >= 15 is 0 Å². The van der Waals surface area contributed by atoms with Crippen molar-refractivity contribution in [2.45, 2.75) is 50.8 Å². The standard InChI is InChI=1S/C35H31N7O10S3.HI/c1-18-26(29(40-28(18)27(19(2)43)30(40)44)33(45)51-14-20-4-8-23(9-5-20)41(47)48)25-13-39-17-38(31(53-3)32(39)55-25)12-22-16-54-34(36-22)37-35(46)52-15-21-6-10-24(11-7-21)42(49)50;/h4-11,13,16-19,27-28,43H,12,14-15H2,1-3H3;1H/t18-,19+,27+,28+;/m0./s1. The molecule has 2 aromatic carbocycles. The number of esters is 1. The maximum atomic E-state index is 13.8. The van der Waals surface area contributed by atoms with E-state index in [1.807, 2.05) is 40.1 Å². The number of aliphatic hydroxyl groups is 1. The summed E-state index contributed by atoms with van der Waals surface area (Å²) in [5, 5.41) is 38.0. The molecule has 56 heavy (non-hydrogen) atoms. The number of ether oxygens (including phenoxy) is 2. The zero-order valence-electron chi connectivity index (χ0n) is 29.7. The van der Waals surface area contributed by atoms with E-state index in [2.05, 4.69) is 10.3 Å². The number of hydrogen-bond donors (Lipinski definition) is 2. The summed E-state index contributed by atoms with van der Waals surface area (Å²) >= 11 is 4.20. The lowest BCUT2D eigenvalue weighted by Crippen LogP contribution is -3.00. The fourth-order valence-corrected chi connectivity index (χ4v) is 9.65. The topological polar surface area (TPSA) is 213 Å². The summed E-state index contributed by atoms with van der Waals surface area (Å²) in [6.45, 7) is 3.64. The van der Waals surface area contributed by atoms with Gasteiger partial charge in [-0.2, -0.15) is 4.40 Å². The van der Waals surface area contributed by atoms with Crippen LogP contribution in [0.2, 0.25) is 0 Å². The van der Waals surface area contributed by atoms with Crippen molar-refractivity contribution in [2.24, 2.45) is 11.8 Å². The second-order valence-electron chi connectivity index (χ2n) is 12.8. The molecule has 0 saturated carbocycles. The number of imidazole rings is 1. The Morgan fingerprint density at radius 3 is 2.23 bits per heavy atom. The van der Waals surface area contributed by atoms with E-state index in [0.29, 0.717) is 34.1 Å². The molecule has 3 aromatic heterocycles. The number of fused-ring (bicyclic) bond motifs is 2. The molecule has 2 aliphatic rings. The van der Waals surface area contributed by atoms with E-state index in [-0.39, 0.29) is 66.1 Å². The number of nitrogens with one attached hydrogen (secondary N) is 1. The molecular weight excluding hydrogens is 902 g/mol. The van der Waals surface area contributed by atoms with Crippen molar-refractivity contribution in [1.29, 1.82) is 0 Å². The highest BCUT2D eigenvalue weighted by atomic mass is 127. The van der Waals surface area contributed by atoms with Gasteiger partial charge in [-0.05, 0) is 48.6 Å². The number of carbonyl (C=O) groups is 3. The number of β-lactam (4-membered cyclic amide) rings is 1. The number of carbonyl (C=O) groups excluding carboxylic acids is 3. The van der Waals surface area contributed by atoms with Gasteiger partial charge in [-0.3, -0.25) is 30.3 Å². The molecular formula is C35H32IN7O10S3. The van der Waals surface area contributed by atoms with E-state index < -0.39 is 40.0 Å². The van der Waals surface area contributed by atoms with E-state index in [0.717, 1.165) is 14.7 Å². The number of non-ortho nitro benzene ring substituents is 2. The number of hydrogen-bond acceptors (Lipinski definition) is 14. The lowest BCUT2D eigenvalue weighted by atomic mass is 9.77. The van der Waals surface area contributed by atoms with Crippen LogP contribution in [0.25, 0.3) is 10.4 Å². The first-order valence-corrected chi connectivity index (χ1v) is 19.6. The van der Waals surface area contributed by atoms with Crippen molar-refractivity contribution < 1.29 is 67.2 Å². The van der Waals surface area contributed by atoms with Gasteiger partial charge in [-0.25, -0.2) is 19.1 Å². The predicted octanol–water partition coefficient (Wildman–Crippen LogP) is 2.40. The number of halogens is 1. The maximum absolute atomic E-state index is 13.8. The van der Waals surface area contributed by atoms with Gasteiger partial charge >= 0.3 is 12.1 Å². The Morgan fingerprint density at radius 2 is 1.66 bits per heavy atom. The van der Waals surface area contributed by atoms with Crippen molar-refractivity contribution in [1.82, 2.24) is 14.5 Å². The SMILES string of the molecule is CSc1c2sc(C3=C(C(=O)OCc4ccc([N+](=O)[O-])cc4)N4C(=O)[C@H]([C@@H](C)O)[C@H]4[C@H]3C)c[n+]2cn1Cc1csc(NC(=O)OCc2ccc([N+](=O)[O-])cc2)n1.[I-]. The van der Waals surface area contributed by atoms with Crippen molar-refractivity contribution in [3.8, 4) is 0 Å². The Kier molecular flexibility index (Phi) is 12.1. The van der Waals surface area contributed by atoms with Crippen LogP contribution in [-0.4, -0.2) is 65.8 Å². The molecule has 5 heterocycles. The maximum Gasteiger partial charge on any atom is 0.413 e. The number of aromatic nitrogens is 3. The van der Waals surface area contributed by atoms with Crippen LogP contribution < -0.4 is 33.7 Å². The minimum atomic E-state index is -0.913. The average molecular weight is 934 g/mol. The number of thiazole rings is 2. The predicted molar refractivity (Wildman–Crippen MR) is 200 cm³/mol. The van der Waals surface area contributed by atoms with Gasteiger partial charge in [0.15, 0.2) is 5.13 Å². The van der Waals surface area contributed by atoms with Crippen molar-refractivity contribution in [2.75, 3.05) is 11.6 Å². The summed E-state index contributed by atoms with van der Waals surface area (Å²) < 4.78 is 14.9. The highest BCUT2D eigenvalue weighted by molar-refractivity contribution is 7.98. The van der Waals surface area contributed by atoms with Crippen molar-refractivity contribution in [3.63, 3.8) is 0 Å². The summed E-state index contributed by atoms with van der Waals surface area (Å²) in [6.07, 6.45) is 4.11. The van der Waals surface area contributed by atoms with Gasteiger partial charge in [0, 0.05) is 41.1 Å². The largest absolute Gasteiger partial charge is 1.00 e. The molecule has 292 valence electrons. The number of nitro benzene ring substituents is 2. The minimum absolute atomic E-state index is 0. The number of aliphatic hydroxyl groups excluding tert-OH is 1. The molecule has 5 aromatic rings. The van der Waals surface area contributed by atoms with Gasteiger partial charge in [-0.15, -0.1) is 11.3 Å². The summed E-state index contributed by atoms with van der Waals surface area (Å²) in [5.41, 5.74) is 2.44. The molecule has 0 bridgehead atoms. The highest BCUT2D eigenvalue weighted by Gasteiger charge is 2.60. The lowest BCUT2D eigenvalue weighted by molar-refractivity contribution is -0.508. The van der Waals surface area contributed by atoms with Crippen LogP contribution >= 0.6 is 34.4 Å². The first-order valence-electron chi connectivity index (χ1n) is 16.7. The third kappa shape index (κ3) is 7.85. The van der Waals surface area contributed by atoms with E-state index in [9.17, 15) is 39.7 Å². The van der Waals surface area contributed by atoms with Crippen LogP contribution in [0.3, 0.4) is 0 Å². The first-order chi connectivity index (χ1) is 26.3. The Morgan fingerprint density at radius 1 is 1.05 bits per heavy atom. The number of anilines is 1. The van der Waals surface area contributed by atoms with E-state index in [1.165, 1.54) is 87.9 Å². The Hall–Kier alpha value is -4.97. The molecule has 2 amide bonds. The Balaban J connectivity index is 0.00000532. The van der Waals surface area contributed by atoms with Crippen LogP contribution in [0.4, 0.5) is 21.3 Å². The van der Waals surface area contributed by atoms with Crippen LogP contribution in [0.5, 0.6) is 0 Å². The van der Waals surface area contributed by atoms with Crippen LogP contribution in [0.15, 0.2) is 77.2 Å². The molecule has 0 aliphatic carbocycles. The summed E-state index contributed by atoms with van der Waals surface area (Å²) in [5.74, 6) is -2.03. The molecule has 1 fully saturated rings. The summed E-state index contributed by atoms with van der Waals surface area (Å²) in [7, 11) is 0. The zero-order valence-corrected chi connectivity index (χ0v) is 34.3. The van der Waals surface area contributed by atoms with Gasteiger partial charge in [0.2, 0.25) is 15.8 Å². The molecule has 7 rings (SSSR count). The molecule has 2 aliphatic heterocycles. The number of rotatable bonds is 13. The van der Waals surface area contributed by atoms with Gasteiger partial charge in [0.25, 0.3) is 17.7 Å². The molecule has 2 N–H and O–H groups in total. The Bertz CT molecular complexity index is 2380. The second-order valence-corrected chi connectivity index (χ2v) is 15.5. The summed E-state index contributed by atoms with van der Waals surface area (Å²) in [6, 6.07) is 10.9. The zero-order chi connectivity index (χ0) is 39.1. The molecule has 21 heteroatoms. The average Bonchev–Trinajstić information content (AvgIpc) is 3.90. The van der Waals surface area contributed by atoms with Crippen LogP contribution in [0, 0.1) is 32.1 Å². The van der Waals surface area contributed by atoms with Gasteiger partial charge < -0.3 is 43.5 Å². The Labute approximate surface area is 347 Å². The van der Waals surface area contributed by atoms with E-state index in [4.69, 9.17) is 9.47 Å². The number of nitrogens with zero attached hydrogens (tertiary/aromatic N) is 6. The highest BCUT2D eigenvalue weighted by Crippen LogP contribution is 2.51. The normalized spacial score (nSPS) is 17.9. The molecule has 0 spiro atoms. The quantitative estimate of drug-likeness (QED) is 0.0332. The smallest absolute Gasteiger partial charge is 0.413 e. The van der Waals surface area contributed by atoms with Crippen LogP contribution in [0.1, 0.15) is 35.5 Å². The number of nitro groups is 2. The molecule has 0 unspecified atom stereocenters. The van der Waals surface area contributed by atoms with Crippen molar-refractivity contribution >= 4 is 79.3 Å². The number of amides is 2. The summed E-state index contributed by atoms with van der Waals surface area (Å²) in [4.78, 5) is 68.0. The van der Waals surface area contributed by atoms with Gasteiger partial charge in [0.05, 0.1) is 38.5 Å². The monoisotopic (exact) mass is 933 g/mol. The molecule has 1 saturated heterocycles. The number of benzene rings is 2. The van der Waals surface area contributed by atoms with Crippen LogP contribution in [-0.2, 0) is 38.8 Å². The second kappa shape index (κ2) is 16.6. The molecule has 0 radical (unpaired) electrons. The minimum Gasteiger partial charge on any atom is -1.00 e. The van der Waals surface area contributed by atoms with Gasteiger partial charge in [0.1, 0.15) is 31.7 Å². The fourth-order valence-electron chi connectivity index (χ4n) is 6.79. The number of thioether (sulfide) groups is 1. The molecule has 17 nitrogen and oxygen atoms in total. The fraction of sp³-hybridized carbons (Fsp3) is 0.286. The third-order valence-corrected chi connectivity index (χ3v) is 12.2. The first kappa shape index (κ1) is 40.7. The van der Waals surface area contributed by atoms with Crippen molar-refractivity contribution in [3.05, 3.63) is 114 Å². The lowest BCUT2D eigenvalue weighted by Gasteiger charge is -2.46. The third-order valence-electron chi connectivity index (χ3n) is 9.36. The molecule has 4 atom stereocenters. The van der Waals surface area contributed by atoms with E-state index in [1.54, 1.807) is 6.92 Å².